The first-order chi connectivity index (χ1) is 6.34. The van der Waals surface area contributed by atoms with Gasteiger partial charge in [0, 0.05) is 13.2 Å². The molecular weight excluding hydrogens is 182 g/mol. The summed E-state index contributed by atoms with van der Waals surface area (Å²) in [5.41, 5.74) is 1.08. The normalized spacial score (nSPS) is 9.23. The average molecular weight is 193 g/mol. The predicted octanol–water partition coefficient (Wildman–Crippen LogP) is 1.73. The van der Waals surface area contributed by atoms with Crippen LogP contribution in [0.2, 0.25) is 0 Å². The van der Waals surface area contributed by atoms with Crippen LogP contribution in [0.25, 0.3) is 0 Å². The van der Waals surface area contributed by atoms with Crippen LogP contribution < -0.4 is 4.90 Å². The van der Waals surface area contributed by atoms with E-state index in [1.165, 1.54) is 0 Å². The molecule has 0 atom stereocenters. The van der Waals surface area contributed by atoms with Gasteiger partial charge in [-0.25, -0.2) is 0 Å². The zero-order valence-corrected chi connectivity index (χ0v) is 8.29. The monoisotopic (exact) mass is 193 g/mol. The highest BCUT2D eigenvalue weighted by Crippen LogP contribution is 2.12. The van der Waals surface area contributed by atoms with Gasteiger partial charge in [-0.05, 0) is 12.1 Å². The number of anilines is 1. The number of aromatic nitrogens is 1. The Labute approximate surface area is 82.4 Å². The van der Waals surface area contributed by atoms with Crippen LogP contribution >= 0.6 is 11.8 Å². The van der Waals surface area contributed by atoms with Crippen molar-refractivity contribution in [2.45, 2.75) is 0 Å². The fraction of sp³-hybridized carbons (Fsp3) is 0.333. The maximum Gasteiger partial charge on any atom is 0.0825 e. The second kappa shape index (κ2) is 5.44. The summed E-state index contributed by atoms with van der Waals surface area (Å²) in [6, 6.07) is 6.00. The summed E-state index contributed by atoms with van der Waals surface area (Å²) < 4.78 is 0. The lowest BCUT2D eigenvalue weighted by molar-refractivity contribution is 1.08. The number of hydrogen-bond acceptors (Lipinski definition) is 4. The average Bonchev–Trinajstić information content (AvgIpc) is 2.19. The van der Waals surface area contributed by atoms with Gasteiger partial charge >= 0.3 is 0 Å². The van der Waals surface area contributed by atoms with E-state index in [1.54, 1.807) is 18.0 Å². The maximum atomic E-state index is 8.35. The van der Waals surface area contributed by atoms with Crippen LogP contribution in [0.4, 0.5) is 5.69 Å². The smallest absolute Gasteiger partial charge is 0.0825 e. The summed E-state index contributed by atoms with van der Waals surface area (Å²) in [6.45, 7) is 0. The van der Waals surface area contributed by atoms with Crippen LogP contribution in [0.1, 0.15) is 0 Å². The van der Waals surface area contributed by atoms with Gasteiger partial charge in [-0.3, -0.25) is 4.98 Å². The molecule has 0 aromatic carbocycles. The first kappa shape index (κ1) is 9.87. The van der Waals surface area contributed by atoms with E-state index in [4.69, 9.17) is 5.26 Å². The Morgan fingerprint density at radius 1 is 1.69 bits per heavy atom. The van der Waals surface area contributed by atoms with Crippen LogP contribution in [0.3, 0.4) is 0 Å². The third-order valence-corrected chi connectivity index (χ3v) is 2.44. The Morgan fingerprint density at radius 2 is 2.54 bits per heavy atom. The molecule has 13 heavy (non-hydrogen) atoms. The first-order valence-corrected chi connectivity index (χ1v) is 5.06. The van der Waals surface area contributed by atoms with E-state index in [1.807, 2.05) is 25.4 Å². The highest BCUT2D eigenvalue weighted by atomic mass is 32.2. The predicted molar refractivity (Wildman–Crippen MR) is 55.6 cm³/mol. The molecule has 0 aliphatic rings. The van der Waals surface area contributed by atoms with Gasteiger partial charge in [0.05, 0.1) is 29.6 Å². The number of nitrogens with zero attached hydrogens (tertiary/aromatic N) is 3. The van der Waals surface area contributed by atoms with Gasteiger partial charge < -0.3 is 4.90 Å². The van der Waals surface area contributed by atoms with Crippen molar-refractivity contribution >= 4 is 17.4 Å². The first-order valence-electron chi connectivity index (χ1n) is 3.90. The van der Waals surface area contributed by atoms with Crippen LogP contribution in [-0.2, 0) is 0 Å². The lowest BCUT2D eigenvalue weighted by Gasteiger charge is -2.16. The molecule has 1 aromatic heterocycles. The van der Waals surface area contributed by atoms with Crippen LogP contribution in [0.15, 0.2) is 24.5 Å². The number of hydrogen-bond donors (Lipinski definition) is 0. The molecule has 68 valence electrons. The van der Waals surface area contributed by atoms with E-state index in [0.717, 1.165) is 11.6 Å². The zero-order chi connectivity index (χ0) is 9.52. The highest BCUT2D eigenvalue weighted by Gasteiger charge is 1.98. The van der Waals surface area contributed by atoms with E-state index < -0.39 is 0 Å². The quantitative estimate of drug-likeness (QED) is 0.539. The number of nitriles is 1. The molecule has 0 unspecified atom stereocenters. The fourth-order valence-electron chi connectivity index (χ4n) is 0.882. The summed E-state index contributed by atoms with van der Waals surface area (Å²) in [4.78, 5) is 6.08. The summed E-state index contributed by atoms with van der Waals surface area (Å²) in [5.74, 6) is 1.35. The van der Waals surface area contributed by atoms with Gasteiger partial charge in [-0.2, -0.15) is 5.26 Å². The maximum absolute atomic E-state index is 8.35. The van der Waals surface area contributed by atoms with E-state index in [9.17, 15) is 0 Å². The molecule has 0 aliphatic heterocycles. The second-order valence-corrected chi connectivity index (χ2v) is 3.50. The minimum Gasteiger partial charge on any atom is -0.364 e. The standard InChI is InChI=1S/C9H11N3S/c1-12(8-13-6-4-10)9-3-2-5-11-7-9/h2-3,5,7H,6,8H2,1H3. The van der Waals surface area contributed by atoms with E-state index in [2.05, 4.69) is 16.0 Å². The lowest BCUT2D eigenvalue weighted by atomic mass is 10.4. The molecule has 0 saturated carbocycles. The van der Waals surface area contributed by atoms with Crippen LogP contribution in [0.5, 0.6) is 0 Å². The van der Waals surface area contributed by atoms with Gasteiger partial charge in [0.1, 0.15) is 0 Å². The third-order valence-electron chi connectivity index (χ3n) is 1.54. The molecule has 0 spiro atoms. The summed E-state index contributed by atoms with van der Waals surface area (Å²) in [7, 11) is 1.99. The van der Waals surface area contributed by atoms with Gasteiger partial charge in [0.15, 0.2) is 0 Å². The number of thioether (sulfide) groups is 1. The molecule has 1 heterocycles. The van der Waals surface area contributed by atoms with Crippen LogP contribution in [-0.4, -0.2) is 23.7 Å². The van der Waals surface area contributed by atoms with Crippen LogP contribution in [0, 0.1) is 11.3 Å². The lowest BCUT2D eigenvalue weighted by Crippen LogP contribution is -2.16. The third kappa shape index (κ3) is 3.34. The molecule has 0 amide bonds. The molecule has 0 saturated heterocycles. The Kier molecular flexibility index (Phi) is 4.13. The fourth-order valence-corrected chi connectivity index (χ4v) is 1.49. The van der Waals surface area contributed by atoms with Crippen molar-refractivity contribution in [3.63, 3.8) is 0 Å². The Bertz CT molecular complexity index is 281. The zero-order valence-electron chi connectivity index (χ0n) is 7.47. The van der Waals surface area contributed by atoms with Crippen molar-refractivity contribution < 1.29 is 0 Å². The SMILES string of the molecule is CN(CSCC#N)c1cccnc1. The molecule has 0 N–H and O–H groups in total. The van der Waals surface area contributed by atoms with Crippen molar-refractivity contribution in [2.75, 3.05) is 23.6 Å². The molecule has 0 aliphatic carbocycles. The van der Waals surface area contributed by atoms with Crippen molar-refractivity contribution in [3.8, 4) is 6.07 Å². The van der Waals surface area contributed by atoms with Gasteiger partial charge in [-0.1, -0.05) is 0 Å². The van der Waals surface area contributed by atoms with Gasteiger partial charge in [-0.15, -0.1) is 11.8 Å². The molecule has 3 nitrogen and oxygen atoms in total. The minimum atomic E-state index is 0.532. The van der Waals surface area contributed by atoms with Crippen molar-refractivity contribution in [2.24, 2.45) is 0 Å². The highest BCUT2D eigenvalue weighted by molar-refractivity contribution is 7.99. The van der Waals surface area contributed by atoms with Gasteiger partial charge in [0.2, 0.25) is 0 Å². The van der Waals surface area contributed by atoms with E-state index in [-0.39, 0.29) is 0 Å². The van der Waals surface area contributed by atoms with E-state index in [0.29, 0.717) is 5.75 Å². The molecule has 0 bridgehead atoms. The van der Waals surface area contributed by atoms with Gasteiger partial charge in [0.25, 0.3) is 0 Å². The number of rotatable bonds is 4. The summed E-state index contributed by atoms with van der Waals surface area (Å²) in [6.07, 6.45) is 3.56. The van der Waals surface area contributed by atoms with Crippen molar-refractivity contribution in [3.05, 3.63) is 24.5 Å². The Balaban J connectivity index is 2.41. The minimum absolute atomic E-state index is 0.532. The van der Waals surface area contributed by atoms with E-state index >= 15 is 0 Å². The Morgan fingerprint density at radius 3 is 3.15 bits per heavy atom. The summed E-state index contributed by atoms with van der Waals surface area (Å²) >= 11 is 1.59. The molecule has 0 radical (unpaired) electrons. The topological polar surface area (TPSA) is 39.9 Å². The number of pyridine rings is 1. The molecule has 0 fully saturated rings. The molecular formula is C9H11N3S. The Hall–Kier alpha value is -1.21. The molecule has 1 aromatic rings. The summed E-state index contributed by atoms with van der Waals surface area (Å²) in [5, 5.41) is 8.35. The van der Waals surface area contributed by atoms with Crippen molar-refractivity contribution in [1.82, 2.24) is 4.98 Å². The molecule has 1 rings (SSSR count). The van der Waals surface area contributed by atoms with Crippen molar-refractivity contribution in [1.29, 1.82) is 5.26 Å². The molecule has 4 heteroatoms. The second-order valence-electron chi connectivity index (χ2n) is 2.54. The largest absolute Gasteiger partial charge is 0.364 e.